The van der Waals surface area contributed by atoms with Gasteiger partial charge in [-0.15, -0.1) is 0 Å². The number of rotatable bonds is 4. The van der Waals surface area contributed by atoms with Gasteiger partial charge < -0.3 is 10.1 Å². The molecule has 0 aliphatic heterocycles. The molecule has 2 heteroatoms. The summed E-state index contributed by atoms with van der Waals surface area (Å²) in [4.78, 5) is 0. The Labute approximate surface area is 91.0 Å². The Morgan fingerprint density at radius 3 is 2.67 bits per heavy atom. The lowest BCUT2D eigenvalue weighted by molar-refractivity contribution is 0.415. The third-order valence-electron chi connectivity index (χ3n) is 2.74. The molecule has 0 aromatic heterocycles. The molecule has 1 aliphatic carbocycles. The van der Waals surface area contributed by atoms with Crippen LogP contribution in [0.2, 0.25) is 0 Å². The molecular weight excluding hydrogens is 186 g/mol. The monoisotopic (exact) mass is 203 g/mol. The summed E-state index contributed by atoms with van der Waals surface area (Å²) in [5.41, 5.74) is 2.69. The van der Waals surface area contributed by atoms with Crippen LogP contribution in [0.3, 0.4) is 0 Å². The van der Waals surface area contributed by atoms with Crippen molar-refractivity contribution in [1.82, 2.24) is 0 Å². The first-order valence-electron chi connectivity index (χ1n) is 5.44. The van der Waals surface area contributed by atoms with Crippen LogP contribution in [0.5, 0.6) is 5.75 Å². The Balaban J connectivity index is 1.87. The molecule has 0 spiro atoms. The van der Waals surface area contributed by atoms with Crippen molar-refractivity contribution in [3.63, 3.8) is 0 Å². The van der Waals surface area contributed by atoms with Gasteiger partial charge in [0.25, 0.3) is 0 Å². The minimum atomic E-state index is 0.903. The first kappa shape index (κ1) is 10.1. The smallest absolute Gasteiger partial charge is 0.119 e. The van der Waals surface area contributed by atoms with Gasteiger partial charge in [0.1, 0.15) is 5.75 Å². The number of ether oxygens (including phenoxy) is 1. The number of anilines is 1. The normalized spacial score (nSPS) is 14.9. The van der Waals surface area contributed by atoms with E-state index in [4.69, 9.17) is 4.74 Å². The van der Waals surface area contributed by atoms with E-state index in [-0.39, 0.29) is 0 Å². The second-order valence-corrected chi connectivity index (χ2v) is 3.84. The fraction of sp³-hybridized carbons (Fsp3) is 0.385. The second-order valence-electron chi connectivity index (χ2n) is 3.84. The van der Waals surface area contributed by atoms with Crippen molar-refractivity contribution in [3.05, 3.63) is 35.9 Å². The molecule has 1 aliphatic rings. The SMILES string of the molecule is COc1ccc(NCC2=CCCC2)cc1. The van der Waals surface area contributed by atoms with Gasteiger partial charge in [-0.05, 0) is 43.5 Å². The van der Waals surface area contributed by atoms with E-state index in [1.165, 1.54) is 24.8 Å². The van der Waals surface area contributed by atoms with Crippen molar-refractivity contribution in [2.45, 2.75) is 19.3 Å². The zero-order chi connectivity index (χ0) is 10.5. The summed E-state index contributed by atoms with van der Waals surface area (Å²) in [6.07, 6.45) is 6.17. The van der Waals surface area contributed by atoms with E-state index in [2.05, 4.69) is 11.4 Å². The Morgan fingerprint density at radius 2 is 2.07 bits per heavy atom. The highest BCUT2D eigenvalue weighted by Crippen LogP contribution is 2.19. The van der Waals surface area contributed by atoms with E-state index in [1.54, 1.807) is 7.11 Å². The Kier molecular flexibility index (Phi) is 3.28. The first-order valence-corrected chi connectivity index (χ1v) is 5.44. The van der Waals surface area contributed by atoms with Crippen molar-refractivity contribution >= 4 is 5.69 Å². The average Bonchev–Trinajstić information content (AvgIpc) is 2.80. The molecular formula is C13H17NO. The lowest BCUT2D eigenvalue weighted by atomic mass is 10.2. The molecule has 1 aromatic rings. The highest BCUT2D eigenvalue weighted by Gasteiger charge is 2.03. The molecule has 2 rings (SSSR count). The van der Waals surface area contributed by atoms with Crippen LogP contribution in [-0.4, -0.2) is 13.7 Å². The molecule has 0 heterocycles. The van der Waals surface area contributed by atoms with E-state index in [0.29, 0.717) is 0 Å². The number of benzene rings is 1. The molecule has 0 unspecified atom stereocenters. The fourth-order valence-corrected chi connectivity index (χ4v) is 1.82. The van der Waals surface area contributed by atoms with Gasteiger partial charge in [-0.3, -0.25) is 0 Å². The predicted octanol–water partition coefficient (Wildman–Crippen LogP) is 3.22. The minimum Gasteiger partial charge on any atom is -0.497 e. The van der Waals surface area contributed by atoms with E-state index in [1.807, 2.05) is 24.3 Å². The standard InChI is InChI=1S/C13H17NO/c1-15-13-8-6-12(7-9-13)14-10-11-4-2-3-5-11/h4,6-9,14H,2-3,5,10H2,1H3. The zero-order valence-corrected chi connectivity index (χ0v) is 9.12. The van der Waals surface area contributed by atoms with Crippen molar-refractivity contribution in [2.24, 2.45) is 0 Å². The summed E-state index contributed by atoms with van der Waals surface area (Å²) in [5.74, 6) is 0.903. The predicted molar refractivity (Wildman–Crippen MR) is 63.4 cm³/mol. The summed E-state index contributed by atoms with van der Waals surface area (Å²) in [6.45, 7) is 0.979. The lowest BCUT2D eigenvalue weighted by Gasteiger charge is -2.07. The number of allylic oxidation sites excluding steroid dienone is 1. The molecule has 0 radical (unpaired) electrons. The molecule has 2 nitrogen and oxygen atoms in total. The first-order chi connectivity index (χ1) is 7.38. The minimum absolute atomic E-state index is 0.903. The average molecular weight is 203 g/mol. The summed E-state index contributed by atoms with van der Waals surface area (Å²) in [7, 11) is 1.69. The van der Waals surface area contributed by atoms with Crippen LogP contribution < -0.4 is 10.1 Å². The van der Waals surface area contributed by atoms with Crippen LogP contribution in [0.15, 0.2) is 35.9 Å². The summed E-state index contributed by atoms with van der Waals surface area (Å²) in [6, 6.07) is 8.05. The van der Waals surface area contributed by atoms with Crippen LogP contribution in [0, 0.1) is 0 Å². The maximum atomic E-state index is 5.11. The lowest BCUT2D eigenvalue weighted by Crippen LogP contribution is -2.02. The van der Waals surface area contributed by atoms with Gasteiger partial charge in [-0.25, -0.2) is 0 Å². The van der Waals surface area contributed by atoms with Gasteiger partial charge in [0.05, 0.1) is 7.11 Å². The summed E-state index contributed by atoms with van der Waals surface area (Å²) < 4.78 is 5.11. The van der Waals surface area contributed by atoms with E-state index in [9.17, 15) is 0 Å². The van der Waals surface area contributed by atoms with Crippen LogP contribution in [0.4, 0.5) is 5.69 Å². The fourth-order valence-electron chi connectivity index (χ4n) is 1.82. The quantitative estimate of drug-likeness (QED) is 0.759. The maximum Gasteiger partial charge on any atom is 0.119 e. The van der Waals surface area contributed by atoms with Gasteiger partial charge in [0.2, 0.25) is 0 Å². The highest BCUT2D eigenvalue weighted by atomic mass is 16.5. The van der Waals surface area contributed by atoms with Crippen LogP contribution in [0.25, 0.3) is 0 Å². The van der Waals surface area contributed by atoms with E-state index in [0.717, 1.165) is 18.0 Å². The molecule has 15 heavy (non-hydrogen) atoms. The van der Waals surface area contributed by atoms with Crippen molar-refractivity contribution < 1.29 is 4.74 Å². The Hall–Kier alpha value is -1.44. The number of methoxy groups -OCH3 is 1. The molecule has 0 saturated carbocycles. The molecule has 1 aromatic carbocycles. The number of hydrogen-bond donors (Lipinski definition) is 1. The summed E-state index contributed by atoms with van der Waals surface area (Å²) in [5, 5.41) is 3.41. The Morgan fingerprint density at radius 1 is 1.27 bits per heavy atom. The van der Waals surface area contributed by atoms with Crippen LogP contribution in [-0.2, 0) is 0 Å². The molecule has 1 N–H and O–H groups in total. The van der Waals surface area contributed by atoms with Crippen LogP contribution >= 0.6 is 0 Å². The number of hydrogen-bond acceptors (Lipinski definition) is 2. The Bertz CT molecular complexity index is 340. The largest absolute Gasteiger partial charge is 0.497 e. The maximum absolute atomic E-state index is 5.11. The van der Waals surface area contributed by atoms with Gasteiger partial charge in [0, 0.05) is 12.2 Å². The molecule has 0 amide bonds. The van der Waals surface area contributed by atoms with Crippen molar-refractivity contribution in [1.29, 1.82) is 0 Å². The third kappa shape index (κ3) is 2.75. The third-order valence-corrected chi connectivity index (χ3v) is 2.74. The van der Waals surface area contributed by atoms with E-state index < -0.39 is 0 Å². The van der Waals surface area contributed by atoms with Gasteiger partial charge in [-0.2, -0.15) is 0 Å². The molecule has 0 saturated heterocycles. The highest BCUT2D eigenvalue weighted by molar-refractivity contribution is 5.47. The number of nitrogens with one attached hydrogen (secondary N) is 1. The summed E-state index contributed by atoms with van der Waals surface area (Å²) >= 11 is 0. The van der Waals surface area contributed by atoms with Crippen molar-refractivity contribution in [2.75, 3.05) is 19.0 Å². The zero-order valence-electron chi connectivity index (χ0n) is 9.12. The molecule has 0 bridgehead atoms. The molecule has 0 atom stereocenters. The topological polar surface area (TPSA) is 21.3 Å². The van der Waals surface area contributed by atoms with Gasteiger partial charge in [0.15, 0.2) is 0 Å². The molecule has 80 valence electrons. The second kappa shape index (κ2) is 4.87. The molecule has 0 fully saturated rings. The van der Waals surface area contributed by atoms with Gasteiger partial charge in [-0.1, -0.05) is 11.6 Å². The van der Waals surface area contributed by atoms with Gasteiger partial charge >= 0.3 is 0 Å². The van der Waals surface area contributed by atoms with E-state index >= 15 is 0 Å². The van der Waals surface area contributed by atoms with Crippen LogP contribution in [0.1, 0.15) is 19.3 Å². The van der Waals surface area contributed by atoms with Crippen molar-refractivity contribution in [3.8, 4) is 5.75 Å².